The normalized spacial score (nSPS) is 21.9. The van der Waals surface area contributed by atoms with Crippen LogP contribution < -0.4 is 5.46 Å². The molecule has 0 radical (unpaired) electrons. The van der Waals surface area contributed by atoms with Crippen LogP contribution in [0.3, 0.4) is 0 Å². The minimum Gasteiger partial charge on any atom is -0.399 e. The van der Waals surface area contributed by atoms with Crippen LogP contribution in [0.1, 0.15) is 33.4 Å². The van der Waals surface area contributed by atoms with Crippen molar-refractivity contribution >= 4 is 12.6 Å². The number of pyridine rings is 1. The Bertz CT molecular complexity index is 432. The summed E-state index contributed by atoms with van der Waals surface area (Å²) >= 11 is 0. The molecule has 0 N–H and O–H groups in total. The Hall–Kier alpha value is -0.935. The quantitative estimate of drug-likeness (QED) is 0.551. The monoisotopic (exact) mass is 237 g/mol. The maximum absolute atomic E-state index is 13.7. The second-order valence-electron chi connectivity index (χ2n) is 5.42. The van der Waals surface area contributed by atoms with E-state index in [1.54, 1.807) is 19.1 Å². The van der Waals surface area contributed by atoms with E-state index in [4.69, 9.17) is 9.31 Å². The molecular formula is C12H17BFNO2. The zero-order valence-corrected chi connectivity index (χ0v) is 10.9. The van der Waals surface area contributed by atoms with E-state index >= 15 is 0 Å². The van der Waals surface area contributed by atoms with Crippen LogP contribution in [0.2, 0.25) is 0 Å². The van der Waals surface area contributed by atoms with E-state index in [1.165, 1.54) is 0 Å². The molecule has 0 unspecified atom stereocenters. The first kappa shape index (κ1) is 12.5. The van der Waals surface area contributed by atoms with Crippen molar-refractivity contribution in [3.8, 4) is 0 Å². The third-order valence-corrected chi connectivity index (χ3v) is 3.52. The van der Waals surface area contributed by atoms with Gasteiger partial charge in [-0.25, -0.2) is 4.98 Å². The number of aryl methyl sites for hydroxylation is 1. The SMILES string of the molecule is Cc1ccc(B2OC(C)(C)C(C)(C)O2)c(F)n1. The van der Waals surface area contributed by atoms with E-state index in [2.05, 4.69) is 4.98 Å². The Morgan fingerprint density at radius 2 is 1.65 bits per heavy atom. The molecule has 1 aromatic rings. The molecule has 0 aromatic carbocycles. The molecule has 92 valence electrons. The lowest BCUT2D eigenvalue weighted by Gasteiger charge is -2.32. The van der Waals surface area contributed by atoms with Gasteiger partial charge in [0, 0.05) is 11.2 Å². The first-order valence-electron chi connectivity index (χ1n) is 5.72. The molecule has 3 nitrogen and oxygen atoms in total. The Morgan fingerprint density at radius 3 is 2.12 bits per heavy atom. The second kappa shape index (κ2) is 3.78. The number of hydrogen-bond acceptors (Lipinski definition) is 3. The summed E-state index contributed by atoms with van der Waals surface area (Å²) < 4.78 is 25.3. The van der Waals surface area contributed by atoms with Gasteiger partial charge in [0.2, 0.25) is 5.95 Å². The summed E-state index contributed by atoms with van der Waals surface area (Å²) in [4.78, 5) is 3.79. The highest BCUT2D eigenvalue weighted by molar-refractivity contribution is 6.62. The third kappa shape index (κ3) is 2.09. The van der Waals surface area contributed by atoms with Crippen LogP contribution in [-0.2, 0) is 9.31 Å². The molecule has 0 saturated carbocycles. The number of halogens is 1. The molecule has 0 amide bonds. The zero-order valence-electron chi connectivity index (χ0n) is 10.9. The lowest BCUT2D eigenvalue weighted by atomic mass is 9.80. The van der Waals surface area contributed by atoms with Gasteiger partial charge in [0.25, 0.3) is 0 Å². The van der Waals surface area contributed by atoms with Crippen LogP contribution in [0, 0.1) is 12.9 Å². The van der Waals surface area contributed by atoms with E-state index in [-0.39, 0.29) is 0 Å². The minimum absolute atomic E-state index is 0.356. The first-order valence-corrected chi connectivity index (χ1v) is 5.72. The van der Waals surface area contributed by atoms with Gasteiger partial charge in [-0.3, -0.25) is 0 Å². The zero-order chi connectivity index (χ0) is 12.8. The molecule has 0 bridgehead atoms. The van der Waals surface area contributed by atoms with E-state index in [0.29, 0.717) is 11.2 Å². The molecule has 0 atom stereocenters. The standard InChI is InChI=1S/C12H17BFNO2/c1-8-6-7-9(10(14)15-8)13-16-11(2,3)12(4,5)17-13/h6-7H,1-5H3. The lowest BCUT2D eigenvalue weighted by molar-refractivity contribution is 0.00578. The molecule has 1 aliphatic rings. The van der Waals surface area contributed by atoms with Gasteiger partial charge in [-0.15, -0.1) is 0 Å². The molecule has 5 heteroatoms. The first-order chi connectivity index (χ1) is 7.73. The Labute approximate surface area is 101 Å². The number of rotatable bonds is 1. The fourth-order valence-corrected chi connectivity index (χ4v) is 1.68. The highest BCUT2D eigenvalue weighted by Crippen LogP contribution is 2.36. The molecule has 0 aliphatic carbocycles. The second-order valence-corrected chi connectivity index (χ2v) is 5.42. The number of aromatic nitrogens is 1. The minimum atomic E-state index is -0.687. The lowest BCUT2D eigenvalue weighted by Crippen LogP contribution is -2.41. The van der Waals surface area contributed by atoms with Gasteiger partial charge in [0.1, 0.15) is 0 Å². The molecule has 2 heterocycles. The Kier molecular flexibility index (Phi) is 2.79. The van der Waals surface area contributed by atoms with Crippen LogP contribution in [0.5, 0.6) is 0 Å². The summed E-state index contributed by atoms with van der Waals surface area (Å²) in [6.45, 7) is 9.50. The van der Waals surface area contributed by atoms with Gasteiger partial charge in [-0.2, -0.15) is 4.39 Å². The largest absolute Gasteiger partial charge is 0.499 e. The predicted molar refractivity (Wildman–Crippen MR) is 64.6 cm³/mol. The predicted octanol–water partition coefficient (Wildman–Crippen LogP) is 1.83. The highest BCUT2D eigenvalue weighted by atomic mass is 19.1. The molecule has 1 fully saturated rings. The van der Waals surface area contributed by atoms with E-state index in [0.717, 1.165) is 0 Å². The van der Waals surface area contributed by atoms with Gasteiger partial charge >= 0.3 is 7.12 Å². The maximum atomic E-state index is 13.7. The van der Waals surface area contributed by atoms with Crippen molar-refractivity contribution in [3.63, 3.8) is 0 Å². The summed E-state index contributed by atoms with van der Waals surface area (Å²) in [5.74, 6) is -0.525. The van der Waals surface area contributed by atoms with E-state index in [9.17, 15) is 4.39 Å². The smallest absolute Gasteiger partial charge is 0.399 e. The van der Waals surface area contributed by atoms with Gasteiger partial charge in [-0.05, 0) is 40.7 Å². The number of nitrogens with zero attached hydrogens (tertiary/aromatic N) is 1. The average molecular weight is 237 g/mol. The molecule has 1 aliphatic heterocycles. The van der Waals surface area contributed by atoms with Crippen LogP contribution in [0.15, 0.2) is 12.1 Å². The van der Waals surface area contributed by atoms with Crippen molar-refractivity contribution in [1.29, 1.82) is 0 Å². The summed E-state index contributed by atoms with van der Waals surface area (Å²) in [7, 11) is -0.687. The van der Waals surface area contributed by atoms with Crippen molar-refractivity contribution < 1.29 is 13.7 Å². The van der Waals surface area contributed by atoms with Gasteiger partial charge in [0.05, 0.1) is 11.2 Å². The van der Waals surface area contributed by atoms with Gasteiger partial charge in [-0.1, -0.05) is 6.07 Å². The van der Waals surface area contributed by atoms with Crippen molar-refractivity contribution in [2.45, 2.75) is 45.8 Å². The third-order valence-electron chi connectivity index (χ3n) is 3.52. The van der Waals surface area contributed by atoms with Crippen molar-refractivity contribution in [2.24, 2.45) is 0 Å². The highest BCUT2D eigenvalue weighted by Gasteiger charge is 2.52. The Balaban J connectivity index is 2.32. The molecule has 2 rings (SSSR count). The maximum Gasteiger partial charge on any atom is 0.499 e. The van der Waals surface area contributed by atoms with E-state index in [1.807, 2.05) is 27.7 Å². The van der Waals surface area contributed by atoms with Crippen LogP contribution in [0.25, 0.3) is 0 Å². The summed E-state index contributed by atoms with van der Waals surface area (Å²) in [5.41, 5.74) is 0.0706. The summed E-state index contributed by atoms with van der Waals surface area (Å²) in [5, 5.41) is 0. The molecular weight excluding hydrogens is 220 g/mol. The fourth-order valence-electron chi connectivity index (χ4n) is 1.68. The fraction of sp³-hybridized carbons (Fsp3) is 0.583. The van der Waals surface area contributed by atoms with Gasteiger partial charge in [0.15, 0.2) is 0 Å². The van der Waals surface area contributed by atoms with Crippen LogP contribution in [-0.4, -0.2) is 23.3 Å². The van der Waals surface area contributed by atoms with Crippen molar-refractivity contribution in [3.05, 3.63) is 23.8 Å². The molecule has 1 saturated heterocycles. The summed E-state index contributed by atoms with van der Waals surface area (Å²) in [6.07, 6.45) is 0. The van der Waals surface area contributed by atoms with Crippen LogP contribution >= 0.6 is 0 Å². The van der Waals surface area contributed by atoms with Crippen molar-refractivity contribution in [2.75, 3.05) is 0 Å². The number of hydrogen-bond donors (Lipinski definition) is 0. The molecule has 1 aromatic heterocycles. The van der Waals surface area contributed by atoms with Crippen LogP contribution in [0.4, 0.5) is 4.39 Å². The average Bonchev–Trinajstić information content (AvgIpc) is 2.35. The summed E-state index contributed by atoms with van der Waals surface area (Å²) in [6, 6.07) is 3.42. The van der Waals surface area contributed by atoms with Crippen molar-refractivity contribution in [1.82, 2.24) is 4.98 Å². The molecule has 0 spiro atoms. The van der Waals surface area contributed by atoms with E-state index < -0.39 is 24.3 Å². The Morgan fingerprint density at radius 1 is 1.12 bits per heavy atom. The topological polar surface area (TPSA) is 31.4 Å². The molecule has 17 heavy (non-hydrogen) atoms. The van der Waals surface area contributed by atoms with Gasteiger partial charge < -0.3 is 9.31 Å².